The SMILES string of the molecule is C[C@@H](O)c1nccc(N2CCN(c3ccnc(N4CCOCC4)n3)CC2(C)C)n1. The van der Waals surface area contributed by atoms with E-state index in [1.54, 1.807) is 13.1 Å². The highest BCUT2D eigenvalue weighted by Gasteiger charge is 2.35. The molecule has 0 aromatic carbocycles. The van der Waals surface area contributed by atoms with E-state index in [2.05, 4.69) is 43.5 Å². The summed E-state index contributed by atoms with van der Waals surface area (Å²) in [6, 6.07) is 3.89. The Hall–Kier alpha value is -2.52. The van der Waals surface area contributed by atoms with Gasteiger partial charge in [0.05, 0.1) is 18.8 Å². The number of morpholine rings is 1. The summed E-state index contributed by atoms with van der Waals surface area (Å²) >= 11 is 0. The molecule has 29 heavy (non-hydrogen) atoms. The van der Waals surface area contributed by atoms with Crippen molar-refractivity contribution in [3.63, 3.8) is 0 Å². The summed E-state index contributed by atoms with van der Waals surface area (Å²) in [5.74, 6) is 3.01. The number of aliphatic hydroxyl groups is 1. The van der Waals surface area contributed by atoms with E-state index >= 15 is 0 Å². The molecule has 0 spiro atoms. The molecule has 9 heteroatoms. The fraction of sp³-hybridized carbons (Fsp3) is 0.600. The molecular weight excluding hydrogens is 370 g/mol. The Kier molecular flexibility index (Phi) is 5.51. The molecule has 4 heterocycles. The van der Waals surface area contributed by atoms with E-state index in [0.29, 0.717) is 19.0 Å². The molecule has 0 aliphatic carbocycles. The molecular formula is C20H29N7O2. The summed E-state index contributed by atoms with van der Waals surface area (Å²) in [5.41, 5.74) is -0.160. The van der Waals surface area contributed by atoms with Gasteiger partial charge in [0.25, 0.3) is 0 Å². The van der Waals surface area contributed by atoms with Crippen LogP contribution in [0.15, 0.2) is 24.5 Å². The van der Waals surface area contributed by atoms with Gasteiger partial charge in [0.1, 0.15) is 17.7 Å². The van der Waals surface area contributed by atoms with Crippen molar-refractivity contribution in [2.75, 3.05) is 60.6 Å². The Morgan fingerprint density at radius 2 is 1.69 bits per heavy atom. The maximum atomic E-state index is 9.82. The molecule has 1 atom stereocenters. The molecule has 2 fully saturated rings. The lowest BCUT2D eigenvalue weighted by molar-refractivity contribution is 0.122. The molecule has 4 rings (SSSR count). The Labute approximate surface area is 171 Å². The lowest BCUT2D eigenvalue weighted by Gasteiger charge is -2.48. The first-order valence-corrected chi connectivity index (χ1v) is 10.1. The lowest BCUT2D eigenvalue weighted by Crippen LogP contribution is -2.60. The third-order valence-corrected chi connectivity index (χ3v) is 5.46. The standard InChI is InChI=1S/C20H29N7O2/c1-15(28)18-21-6-5-17(23-18)27-9-8-26(14-20(27,2)3)16-4-7-22-19(24-16)25-10-12-29-13-11-25/h4-7,15,28H,8-14H2,1-3H3/t15-/m1/s1. The van der Waals surface area contributed by atoms with Gasteiger partial charge in [-0.1, -0.05) is 0 Å². The van der Waals surface area contributed by atoms with Crippen LogP contribution in [0.4, 0.5) is 17.6 Å². The van der Waals surface area contributed by atoms with Crippen LogP contribution in [-0.2, 0) is 4.74 Å². The zero-order chi connectivity index (χ0) is 20.4. The van der Waals surface area contributed by atoms with Crippen molar-refractivity contribution in [1.29, 1.82) is 0 Å². The number of hydrogen-bond acceptors (Lipinski definition) is 9. The Bertz CT molecular complexity index is 839. The van der Waals surface area contributed by atoms with Crippen molar-refractivity contribution in [2.24, 2.45) is 0 Å². The zero-order valence-electron chi connectivity index (χ0n) is 17.3. The quantitative estimate of drug-likeness (QED) is 0.816. The molecule has 9 nitrogen and oxygen atoms in total. The van der Waals surface area contributed by atoms with Crippen LogP contribution in [0.2, 0.25) is 0 Å². The Morgan fingerprint density at radius 1 is 0.966 bits per heavy atom. The van der Waals surface area contributed by atoms with E-state index in [1.165, 1.54) is 0 Å². The van der Waals surface area contributed by atoms with Crippen LogP contribution in [0.25, 0.3) is 0 Å². The predicted octanol–water partition coefficient (Wildman–Crippen LogP) is 1.26. The normalized spacial score (nSPS) is 20.6. The van der Waals surface area contributed by atoms with Gasteiger partial charge in [-0.3, -0.25) is 0 Å². The van der Waals surface area contributed by atoms with Crippen LogP contribution >= 0.6 is 0 Å². The number of ether oxygens (including phenoxy) is 1. The minimum absolute atomic E-state index is 0.160. The van der Waals surface area contributed by atoms with Gasteiger partial charge in [-0.25, -0.2) is 15.0 Å². The first kappa shape index (κ1) is 19.8. The molecule has 0 bridgehead atoms. The number of piperazine rings is 1. The van der Waals surface area contributed by atoms with Crippen molar-refractivity contribution in [3.8, 4) is 0 Å². The van der Waals surface area contributed by atoms with Crippen molar-refractivity contribution in [1.82, 2.24) is 19.9 Å². The number of rotatable bonds is 4. The van der Waals surface area contributed by atoms with Gasteiger partial charge in [0.15, 0.2) is 5.82 Å². The number of aromatic nitrogens is 4. The van der Waals surface area contributed by atoms with E-state index in [-0.39, 0.29) is 5.54 Å². The highest BCUT2D eigenvalue weighted by molar-refractivity contribution is 5.50. The summed E-state index contributed by atoms with van der Waals surface area (Å²) < 4.78 is 5.43. The monoisotopic (exact) mass is 399 g/mol. The topological polar surface area (TPSA) is 90.7 Å². The van der Waals surface area contributed by atoms with Crippen LogP contribution in [0, 0.1) is 0 Å². The zero-order valence-corrected chi connectivity index (χ0v) is 17.3. The molecule has 0 unspecified atom stereocenters. The second kappa shape index (κ2) is 8.08. The third kappa shape index (κ3) is 4.25. The number of anilines is 3. The van der Waals surface area contributed by atoms with Gasteiger partial charge in [0.2, 0.25) is 5.95 Å². The number of hydrogen-bond donors (Lipinski definition) is 1. The van der Waals surface area contributed by atoms with Gasteiger partial charge < -0.3 is 24.5 Å². The number of nitrogens with zero attached hydrogens (tertiary/aromatic N) is 7. The summed E-state index contributed by atoms with van der Waals surface area (Å²) in [6.45, 7) is 11.6. The van der Waals surface area contributed by atoms with Crippen molar-refractivity contribution < 1.29 is 9.84 Å². The van der Waals surface area contributed by atoms with E-state index < -0.39 is 6.10 Å². The Morgan fingerprint density at radius 3 is 2.41 bits per heavy atom. The highest BCUT2D eigenvalue weighted by Crippen LogP contribution is 2.29. The maximum Gasteiger partial charge on any atom is 0.227 e. The van der Waals surface area contributed by atoms with Crippen LogP contribution < -0.4 is 14.7 Å². The average molecular weight is 399 g/mol. The minimum atomic E-state index is -0.682. The summed E-state index contributed by atoms with van der Waals surface area (Å²) in [7, 11) is 0. The molecule has 2 saturated heterocycles. The predicted molar refractivity (Wildman–Crippen MR) is 111 cm³/mol. The van der Waals surface area contributed by atoms with E-state index in [9.17, 15) is 5.11 Å². The van der Waals surface area contributed by atoms with Gasteiger partial charge in [-0.05, 0) is 32.9 Å². The van der Waals surface area contributed by atoms with Crippen LogP contribution in [-0.4, -0.2) is 76.5 Å². The van der Waals surface area contributed by atoms with Gasteiger partial charge in [-0.2, -0.15) is 4.98 Å². The smallest absolute Gasteiger partial charge is 0.227 e. The molecule has 156 valence electrons. The number of aliphatic hydroxyl groups excluding tert-OH is 1. The average Bonchev–Trinajstić information content (AvgIpc) is 2.74. The molecule has 0 saturated carbocycles. The summed E-state index contributed by atoms with van der Waals surface area (Å²) in [6.07, 6.45) is 2.87. The molecule has 2 aromatic heterocycles. The van der Waals surface area contributed by atoms with Crippen molar-refractivity contribution in [3.05, 3.63) is 30.4 Å². The van der Waals surface area contributed by atoms with Crippen LogP contribution in [0.5, 0.6) is 0 Å². The fourth-order valence-corrected chi connectivity index (χ4v) is 3.92. The first-order chi connectivity index (χ1) is 13.9. The van der Waals surface area contributed by atoms with E-state index in [4.69, 9.17) is 9.72 Å². The molecule has 0 radical (unpaired) electrons. The van der Waals surface area contributed by atoms with Gasteiger partial charge in [0, 0.05) is 45.1 Å². The summed E-state index contributed by atoms with van der Waals surface area (Å²) in [5, 5.41) is 9.82. The molecule has 2 aliphatic rings. The van der Waals surface area contributed by atoms with Gasteiger partial charge in [-0.15, -0.1) is 0 Å². The summed E-state index contributed by atoms with van der Waals surface area (Å²) in [4.78, 5) is 24.8. The Balaban J connectivity index is 1.51. The van der Waals surface area contributed by atoms with E-state index in [1.807, 2.05) is 18.3 Å². The largest absolute Gasteiger partial charge is 0.385 e. The molecule has 0 amide bonds. The third-order valence-electron chi connectivity index (χ3n) is 5.46. The maximum absolute atomic E-state index is 9.82. The minimum Gasteiger partial charge on any atom is -0.385 e. The van der Waals surface area contributed by atoms with Crippen LogP contribution in [0.3, 0.4) is 0 Å². The van der Waals surface area contributed by atoms with Crippen molar-refractivity contribution in [2.45, 2.75) is 32.4 Å². The van der Waals surface area contributed by atoms with Crippen molar-refractivity contribution >= 4 is 17.6 Å². The van der Waals surface area contributed by atoms with E-state index in [0.717, 1.165) is 50.3 Å². The molecule has 1 N–H and O–H groups in total. The van der Waals surface area contributed by atoms with Crippen LogP contribution in [0.1, 0.15) is 32.7 Å². The first-order valence-electron chi connectivity index (χ1n) is 10.1. The lowest BCUT2D eigenvalue weighted by atomic mass is 9.98. The second-order valence-electron chi connectivity index (χ2n) is 8.15. The highest BCUT2D eigenvalue weighted by atomic mass is 16.5. The fourth-order valence-electron chi connectivity index (χ4n) is 3.92. The molecule has 2 aliphatic heterocycles. The second-order valence-corrected chi connectivity index (χ2v) is 8.15. The van der Waals surface area contributed by atoms with Gasteiger partial charge >= 0.3 is 0 Å². The molecule has 2 aromatic rings.